The van der Waals surface area contributed by atoms with Crippen LogP contribution in [-0.2, 0) is 0 Å². The van der Waals surface area contributed by atoms with Crippen LogP contribution in [0.4, 0.5) is 0 Å². The summed E-state index contributed by atoms with van der Waals surface area (Å²) in [6, 6.07) is 8.01. The average Bonchev–Trinajstić information content (AvgIpc) is 2.45. The highest BCUT2D eigenvalue weighted by molar-refractivity contribution is 5.40. The van der Waals surface area contributed by atoms with Crippen LogP contribution in [0.15, 0.2) is 24.3 Å². The lowest BCUT2D eigenvalue weighted by Gasteiger charge is -2.27. The molecule has 4 heteroatoms. The van der Waals surface area contributed by atoms with Crippen molar-refractivity contribution in [2.45, 2.75) is 38.3 Å². The van der Waals surface area contributed by atoms with Gasteiger partial charge in [0.1, 0.15) is 12.7 Å². The predicted molar refractivity (Wildman–Crippen MR) is 76.7 cm³/mol. The van der Waals surface area contributed by atoms with Crippen LogP contribution < -0.4 is 20.5 Å². The molecule has 106 valence electrons. The van der Waals surface area contributed by atoms with Gasteiger partial charge in [0.25, 0.3) is 0 Å². The van der Waals surface area contributed by atoms with E-state index in [1.807, 2.05) is 24.3 Å². The molecule has 2 atom stereocenters. The molecule has 0 radical (unpaired) electrons. The molecule has 0 amide bonds. The zero-order chi connectivity index (χ0) is 13.5. The van der Waals surface area contributed by atoms with Crippen LogP contribution in [0.5, 0.6) is 11.5 Å². The molecule has 19 heavy (non-hydrogen) atoms. The van der Waals surface area contributed by atoms with Crippen molar-refractivity contribution in [2.75, 3.05) is 19.7 Å². The fourth-order valence-corrected chi connectivity index (χ4v) is 2.16. The number of unbranched alkanes of at least 4 members (excludes halogenated alkanes) is 1. The predicted octanol–water partition coefficient (Wildman–Crippen LogP) is 1.93. The fourth-order valence-electron chi connectivity index (χ4n) is 2.16. The second kappa shape index (κ2) is 7.36. The van der Waals surface area contributed by atoms with Crippen molar-refractivity contribution in [1.29, 1.82) is 0 Å². The van der Waals surface area contributed by atoms with E-state index in [2.05, 4.69) is 12.2 Å². The number of nitrogens with two attached hydrogens (primary N) is 1. The van der Waals surface area contributed by atoms with Crippen molar-refractivity contribution in [3.05, 3.63) is 24.3 Å². The number of fused-ring (bicyclic) bond motifs is 1. The maximum atomic E-state index is 6.02. The van der Waals surface area contributed by atoms with Crippen molar-refractivity contribution in [1.82, 2.24) is 5.32 Å². The van der Waals surface area contributed by atoms with Crippen LogP contribution in [0.3, 0.4) is 0 Å². The van der Waals surface area contributed by atoms with Crippen molar-refractivity contribution >= 4 is 0 Å². The topological polar surface area (TPSA) is 56.5 Å². The summed E-state index contributed by atoms with van der Waals surface area (Å²) < 4.78 is 11.5. The summed E-state index contributed by atoms with van der Waals surface area (Å²) in [5.74, 6) is 1.66. The monoisotopic (exact) mass is 264 g/mol. The third-order valence-electron chi connectivity index (χ3n) is 3.27. The molecule has 1 aliphatic heterocycles. The maximum Gasteiger partial charge on any atom is 0.161 e. The Hall–Kier alpha value is -1.26. The Morgan fingerprint density at radius 1 is 1.37 bits per heavy atom. The number of hydrogen-bond donors (Lipinski definition) is 2. The standard InChI is InChI=1S/C15H24N2O2/c1-2-3-6-12(16)9-17-10-13-11-18-14-7-4-5-8-15(14)19-13/h4-5,7-8,12-13,17H,2-3,6,9-11,16H2,1H3. The van der Waals surface area contributed by atoms with Crippen LogP contribution in [0.1, 0.15) is 26.2 Å². The molecular weight excluding hydrogens is 240 g/mol. The highest BCUT2D eigenvalue weighted by Crippen LogP contribution is 2.30. The molecule has 1 aromatic rings. The van der Waals surface area contributed by atoms with E-state index < -0.39 is 0 Å². The van der Waals surface area contributed by atoms with E-state index in [1.54, 1.807) is 0 Å². The molecule has 2 unspecified atom stereocenters. The fraction of sp³-hybridized carbons (Fsp3) is 0.600. The highest BCUT2D eigenvalue weighted by Gasteiger charge is 2.20. The molecule has 1 aliphatic rings. The van der Waals surface area contributed by atoms with E-state index in [1.165, 1.54) is 12.8 Å². The largest absolute Gasteiger partial charge is 0.486 e. The summed E-state index contributed by atoms with van der Waals surface area (Å²) in [5.41, 5.74) is 6.02. The summed E-state index contributed by atoms with van der Waals surface area (Å²) in [4.78, 5) is 0. The van der Waals surface area contributed by atoms with Crippen LogP contribution >= 0.6 is 0 Å². The van der Waals surface area contributed by atoms with Crippen molar-refractivity contribution in [3.63, 3.8) is 0 Å². The SMILES string of the molecule is CCCCC(N)CNCC1COc2ccccc2O1. The molecule has 2 rings (SSSR count). The first-order valence-electron chi connectivity index (χ1n) is 7.14. The number of ether oxygens (including phenoxy) is 2. The second-order valence-corrected chi connectivity index (χ2v) is 5.06. The maximum absolute atomic E-state index is 6.02. The summed E-state index contributed by atoms with van der Waals surface area (Å²) in [7, 11) is 0. The second-order valence-electron chi connectivity index (χ2n) is 5.06. The Kier molecular flexibility index (Phi) is 5.48. The molecule has 1 heterocycles. The quantitative estimate of drug-likeness (QED) is 0.790. The minimum atomic E-state index is 0.0632. The van der Waals surface area contributed by atoms with Gasteiger partial charge in [-0.15, -0.1) is 0 Å². The average molecular weight is 264 g/mol. The zero-order valence-electron chi connectivity index (χ0n) is 11.6. The molecule has 3 N–H and O–H groups in total. The van der Waals surface area contributed by atoms with Gasteiger partial charge in [0.05, 0.1) is 0 Å². The van der Waals surface area contributed by atoms with Gasteiger partial charge in [-0.25, -0.2) is 0 Å². The minimum absolute atomic E-state index is 0.0632. The lowest BCUT2D eigenvalue weighted by molar-refractivity contribution is 0.0902. The molecule has 0 fully saturated rings. The first-order chi connectivity index (χ1) is 9.29. The third kappa shape index (κ3) is 4.40. The van der Waals surface area contributed by atoms with E-state index in [9.17, 15) is 0 Å². The third-order valence-corrected chi connectivity index (χ3v) is 3.27. The van der Waals surface area contributed by atoms with E-state index in [0.717, 1.165) is 31.0 Å². The van der Waals surface area contributed by atoms with Crippen LogP contribution in [0.2, 0.25) is 0 Å². The lowest BCUT2D eigenvalue weighted by Crippen LogP contribution is -2.42. The van der Waals surface area contributed by atoms with Gasteiger partial charge in [0, 0.05) is 19.1 Å². The highest BCUT2D eigenvalue weighted by atomic mass is 16.6. The van der Waals surface area contributed by atoms with E-state index in [-0.39, 0.29) is 12.1 Å². The first kappa shape index (κ1) is 14.2. The smallest absolute Gasteiger partial charge is 0.161 e. The molecule has 0 bridgehead atoms. The van der Waals surface area contributed by atoms with Gasteiger partial charge in [-0.1, -0.05) is 31.9 Å². The number of rotatable bonds is 7. The van der Waals surface area contributed by atoms with E-state index >= 15 is 0 Å². The van der Waals surface area contributed by atoms with Gasteiger partial charge < -0.3 is 20.5 Å². The summed E-state index contributed by atoms with van der Waals surface area (Å²) >= 11 is 0. The van der Waals surface area contributed by atoms with Gasteiger partial charge in [-0.05, 0) is 18.6 Å². The van der Waals surface area contributed by atoms with Gasteiger partial charge in [0.2, 0.25) is 0 Å². The van der Waals surface area contributed by atoms with Gasteiger partial charge in [0.15, 0.2) is 11.5 Å². The molecular formula is C15H24N2O2. The van der Waals surface area contributed by atoms with E-state index in [0.29, 0.717) is 6.61 Å². The van der Waals surface area contributed by atoms with Gasteiger partial charge in [-0.3, -0.25) is 0 Å². The Morgan fingerprint density at radius 2 is 2.16 bits per heavy atom. The molecule has 0 saturated carbocycles. The zero-order valence-corrected chi connectivity index (χ0v) is 11.6. The number of para-hydroxylation sites is 2. The van der Waals surface area contributed by atoms with Crippen LogP contribution in [0.25, 0.3) is 0 Å². The lowest BCUT2D eigenvalue weighted by atomic mass is 10.1. The van der Waals surface area contributed by atoms with Crippen molar-refractivity contribution in [3.8, 4) is 11.5 Å². The minimum Gasteiger partial charge on any atom is -0.486 e. The Morgan fingerprint density at radius 3 is 2.95 bits per heavy atom. The normalized spacial score (nSPS) is 19.2. The summed E-state index contributed by atoms with van der Waals surface area (Å²) in [6.07, 6.45) is 3.53. The molecule has 0 spiro atoms. The number of hydrogen-bond acceptors (Lipinski definition) is 4. The number of benzene rings is 1. The molecule has 4 nitrogen and oxygen atoms in total. The number of nitrogens with one attached hydrogen (secondary N) is 1. The molecule has 0 aromatic heterocycles. The molecule has 0 saturated heterocycles. The van der Waals surface area contributed by atoms with E-state index in [4.69, 9.17) is 15.2 Å². The van der Waals surface area contributed by atoms with Gasteiger partial charge in [-0.2, -0.15) is 0 Å². The van der Waals surface area contributed by atoms with Crippen molar-refractivity contribution in [2.24, 2.45) is 5.73 Å². The van der Waals surface area contributed by atoms with Crippen LogP contribution in [0, 0.1) is 0 Å². The van der Waals surface area contributed by atoms with Crippen LogP contribution in [-0.4, -0.2) is 31.8 Å². The Balaban J connectivity index is 1.68. The Bertz CT molecular complexity index is 384. The Labute approximate surface area is 115 Å². The first-order valence-corrected chi connectivity index (χ1v) is 7.14. The molecule has 0 aliphatic carbocycles. The molecule has 1 aromatic carbocycles. The van der Waals surface area contributed by atoms with Gasteiger partial charge >= 0.3 is 0 Å². The van der Waals surface area contributed by atoms with Crippen molar-refractivity contribution < 1.29 is 9.47 Å². The summed E-state index contributed by atoms with van der Waals surface area (Å²) in [5, 5.41) is 3.36. The summed E-state index contributed by atoms with van der Waals surface area (Å²) in [6.45, 7) is 4.38.